The van der Waals surface area contributed by atoms with Gasteiger partial charge < -0.3 is 4.42 Å². The molecule has 0 atom stereocenters. The Morgan fingerprint density at radius 2 is 1.83 bits per heavy atom. The smallest absolute Gasteiger partial charge is 0.139 e. The first-order valence-corrected chi connectivity index (χ1v) is 6.04. The number of rotatable bonds is 1. The minimum absolute atomic E-state index is 0.270. The van der Waals surface area contributed by atoms with E-state index in [1.807, 2.05) is 0 Å². The minimum atomic E-state index is -0.410. The highest BCUT2D eigenvalue weighted by Gasteiger charge is 2.14. The van der Waals surface area contributed by atoms with Crippen LogP contribution in [0.1, 0.15) is 0 Å². The fourth-order valence-electron chi connectivity index (χ4n) is 1.87. The van der Waals surface area contributed by atoms with Crippen LogP contribution in [0.5, 0.6) is 0 Å². The lowest BCUT2D eigenvalue weighted by atomic mass is 10.1. The van der Waals surface area contributed by atoms with Crippen molar-refractivity contribution in [2.45, 2.75) is 0 Å². The average molecular weight is 281 g/mol. The molecule has 0 aliphatic carbocycles. The lowest BCUT2D eigenvalue weighted by molar-refractivity contribution is 0.601. The maximum atomic E-state index is 13.8. The van der Waals surface area contributed by atoms with Gasteiger partial charge in [0.2, 0.25) is 0 Å². The SMILES string of the molecule is Fc1cccc(Cl)c1-c1cc2cc(Cl)ccc2o1. The van der Waals surface area contributed by atoms with Crippen molar-refractivity contribution in [1.82, 2.24) is 0 Å². The molecule has 1 nitrogen and oxygen atoms in total. The fraction of sp³-hybridized carbons (Fsp3) is 0. The second-order valence-electron chi connectivity index (χ2n) is 3.89. The molecule has 0 saturated carbocycles. The summed E-state index contributed by atoms with van der Waals surface area (Å²) >= 11 is 11.9. The summed E-state index contributed by atoms with van der Waals surface area (Å²) in [7, 11) is 0. The Balaban J connectivity index is 2.26. The van der Waals surface area contributed by atoms with Crippen molar-refractivity contribution in [2.75, 3.05) is 0 Å². The Kier molecular flexibility index (Phi) is 2.77. The lowest BCUT2D eigenvalue weighted by Gasteiger charge is -2.01. The first-order valence-electron chi connectivity index (χ1n) is 5.28. The molecule has 0 amide bonds. The van der Waals surface area contributed by atoms with Crippen LogP contribution >= 0.6 is 23.2 Å². The highest BCUT2D eigenvalue weighted by atomic mass is 35.5. The number of fused-ring (bicyclic) bond motifs is 1. The highest BCUT2D eigenvalue weighted by molar-refractivity contribution is 6.33. The fourth-order valence-corrected chi connectivity index (χ4v) is 2.31. The molecule has 3 rings (SSSR count). The Bertz CT molecular complexity index is 713. The van der Waals surface area contributed by atoms with E-state index in [1.165, 1.54) is 6.07 Å². The second-order valence-corrected chi connectivity index (χ2v) is 4.73. The van der Waals surface area contributed by atoms with Crippen molar-refractivity contribution in [1.29, 1.82) is 0 Å². The Morgan fingerprint density at radius 1 is 1.00 bits per heavy atom. The van der Waals surface area contributed by atoms with E-state index in [4.69, 9.17) is 27.6 Å². The first-order chi connectivity index (χ1) is 8.65. The summed E-state index contributed by atoms with van der Waals surface area (Å²) in [5.41, 5.74) is 0.917. The van der Waals surface area contributed by atoms with Crippen molar-refractivity contribution < 1.29 is 8.81 Å². The summed E-state index contributed by atoms with van der Waals surface area (Å²) in [4.78, 5) is 0. The summed E-state index contributed by atoms with van der Waals surface area (Å²) in [5, 5.41) is 1.74. The molecule has 0 aliphatic rings. The molecule has 0 saturated heterocycles. The van der Waals surface area contributed by atoms with Crippen LogP contribution in [0.2, 0.25) is 10.0 Å². The maximum absolute atomic E-state index is 13.8. The van der Waals surface area contributed by atoms with Gasteiger partial charge in [0, 0.05) is 10.4 Å². The van der Waals surface area contributed by atoms with Crippen molar-refractivity contribution >= 4 is 34.2 Å². The van der Waals surface area contributed by atoms with Gasteiger partial charge in [-0.2, -0.15) is 0 Å². The summed E-state index contributed by atoms with van der Waals surface area (Å²) < 4.78 is 19.4. The van der Waals surface area contributed by atoms with Gasteiger partial charge in [0.15, 0.2) is 0 Å². The second kappa shape index (κ2) is 4.30. The number of hydrogen-bond acceptors (Lipinski definition) is 1. The quantitative estimate of drug-likeness (QED) is 0.570. The molecule has 1 aromatic heterocycles. The van der Waals surface area contributed by atoms with Crippen LogP contribution in [0.15, 0.2) is 46.9 Å². The van der Waals surface area contributed by atoms with Gasteiger partial charge in [-0.15, -0.1) is 0 Å². The molecule has 0 spiro atoms. The predicted molar refractivity (Wildman–Crippen MR) is 71.6 cm³/mol. The number of halogens is 3. The Hall–Kier alpha value is -1.51. The van der Waals surface area contributed by atoms with Gasteiger partial charge in [-0.3, -0.25) is 0 Å². The summed E-state index contributed by atoms with van der Waals surface area (Å²) in [6.07, 6.45) is 0. The minimum Gasteiger partial charge on any atom is -0.456 e. The van der Waals surface area contributed by atoms with Crippen LogP contribution in [0, 0.1) is 5.82 Å². The standard InChI is InChI=1S/C14H7Cl2FO/c15-9-4-5-12-8(6-9)7-13(18-12)14-10(16)2-1-3-11(14)17/h1-7H. The molecular weight excluding hydrogens is 274 g/mol. The van der Waals surface area contributed by atoms with Gasteiger partial charge in [-0.05, 0) is 36.4 Å². The van der Waals surface area contributed by atoms with Crippen LogP contribution in [-0.2, 0) is 0 Å². The zero-order valence-corrected chi connectivity index (χ0v) is 10.6. The lowest BCUT2D eigenvalue weighted by Crippen LogP contribution is -1.82. The summed E-state index contributed by atoms with van der Waals surface area (Å²) in [6.45, 7) is 0. The van der Waals surface area contributed by atoms with Crippen LogP contribution in [0.25, 0.3) is 22.3 Å². The van der Waals surface area contributed by atoms with E-state index in [-0.39, 0.29) is 5.56 Å². The Labute approximate surface area is 113 Å². The van der Waals surface area contributed by atoms with Gasteiger partial charge in [-0.25, -0.2) is 4.39 Å². The summed E-state index contributed by atoms with van der Waals surface area (Å²) in [5.74, 6) is -0.0111. The first kappa shape index (κ1) is 11.6. The van der Waals surface area contributed by atoms with Crippen LogP contribution < -0.4 is 0 Å². The largest absolute Gasteiger partial charge is 0.456 e. The molecule has 0 bridgehead atoms. The van der Waals surface area contributed by atoms with E-state index >= 15 is 0 Å². The molecule has 90 valence electrons. The third-order valence-corrected chi connectivity index (χ3v) is 3.24. The zero-order valence-electron chi connectivity index (χ0n) is 9.08. The van der Waals surface area contributed by atoms with Crippen LogP contribution in [0.4, 0.5) is 4.39 Å². The maximum Gasteiger partial charge on any atom is 0.139 e. The molecule has 0 aliphatic heterocycles. The van der Waals surface area contributed by atoms with E-state index in [0.717, 1.165) is 5.39 Å². The number of furan rings is 1. The molecule has 0 radical (unpaired) electrons. The van der Waals surface area contributed by atoms with E-state index in [0.29, 0.717) is 21.4 Å². The van der Waals surface area contributed by atoms with Crippen LogP contribution in [0.3, 0.4) is 0 Å². The normalized spacial score (nSPS) is 11.1. The third-order valence-electron chi connectivity index (χ3n) is 2.69. The summed E-state index contributed by atoms with van der Waals surface area (Å²) in [6, 6.07) is 11.5. The zero-order chi connectivity index (χ0) is 12.7. The Morgan fingerprint density at radius 3 is 2.61 bits per heavy atom. The predicted octanol–water partition coefficient (Wildman–Crippen LogP) is 5.55. The average Bonchev–Trinajstić information content (AvgIpc) is 2.71. The molecule has 3 aromatic rings. The topological polar surface area (TPSA) is 13.1 Å². The molecule has 2 aromatic carbocycles. The third kappa shape index (κ3) is 1.88. The highest BCUT2D eigenvalue weighted by Crippen LogP contribution is 2.35. The molecular formula is C14H7Cl2FO. The van der Waals surface area contributed by atoms with E-state index in [1.54, 1.807) is 36.4 Å². The van der Waals surface area contributed by atoms with Crippen molar-refractivity contribution in [3.63, 3.8) is 0 Å². The molecule has 0 unspecified atom stereocenters. The van der Waals surface area contributed by atoms with Crippen molar-refractivity contribution in [3.05, 3.63) is 58.3 Å². The van der Waals surface area contributed by atoms with E-state index in [2.05, 4.69) is 0 Å². The van der Waals surface area contributed by atoms with Gasteiger partial charge >= 0.3 is 0 Å². The van der Waals surface area contributed by atoms with Gasteiger partial charge in [-0.1, -0.05) is 29.3 Å². The number of benzene rings is 2. The molecule has 1 heterocycles. The molecule has 4 heteroatoms. The van der Waals surface area contributed by atoms with Gasteiger partial charge in [0.05, 0.1) is 10.6 Å². The van der Waals surface area contributed by atoms with E-state index in [9.17, 15) is 4.39 Å². The number of hydrogen-bond donors (Lipinski definition) is 0. The van der Waals surface area contributed by atoms with Crippen LogP contribution in [-0.4, -0.2) is 0 Å². The van der Waals surface area contributed by atoms with Crippen molar-refractivity contribution in [3.8, 4) is 11.3 Å². The van der Waals surface area contributed by atoms with Gasteiger partial charge in [0.1, 0.15) is 17.2 Å². The molecule has 18 heavy (non-hydrogen) atoms. The molecule has 0 fully saturated rings. The van der Waals surface area contributed by atoms with E-state index < -0.39 is 5.82 Å². The van der Waals surface area contributed by atoms with Crippen molar-refractivity contribution in [2.24, 2.45) is 0 Å². The monoisotopic (exact) mass is 280 g/mol. The molecule has 0 N–H and O–H groups in total. The van der Waals surface area contributed by atoms with Gasteiger partial charge in [0.25, 0.3) is 0 Å².